The minimum absolute atomic E-state index is 0.195. The maximum Gasteiger partial charge on any atom is 0.253 e. The first-order valence-corrected chi connectivity index (χ1v) is 8.64. The van der Waals surface area contributed by atoms with E-state index in [-0.39, 0.29) is 5.91 Å². The summed E-state index contributed by atoms with van der Waals surface area (Å²) in [4.78, 5) is 17.3. The lowest BCUT2D eigenvalue weighted by atomic mass is 9.99. The third kappa shape index (κ3) is 2.55. The van der Waals surface area contributed by atoms with Gasteiger partial charge in [-0.15, -0.1) is 0 Å². The van der Waals surface area contributed by atoms with Crippen LogP contribution >= 0.6 is 0 Å². The summed E-state index contributed by atoms with van der Waals surface area (Å²) in [7, 11) is 0. The van der Waals surface area contributed by atoms with Crippen LogP contribution in [0.3, 0.4) is 0 Å². The van der Waals surface area contributed by atoms with Gasteiger partial charge in [0.05, 0.1) is 0 Å². The van der Waals surface area contributed by atoms with E-state index >= 15 is 0 Å². The van der Waals surface area contributed by atoms with Crippen molar-refractivity contribution in [3.63, 3.8) is 0 Å². The second kappa shape index (κ2) is 6.01. The summed E-state index contributed by atoms with van der Waals surface area (Å²) < 4.78 is 0. The molecule has 3 aliphatic heterocycles. The summed E-state index contributed by atoms with van der Waals surface area (Å²) in [5, 5.41) is 3.54. The molecular formula is C18H25N3O. The third-order valence-corrected chi connectivity index (χ3v) is 5.73. The Morgan fingerprint density at radius 3 is 2.55 bits per heavy atom. The number of hydrogen-bond acceptors (Lipinski definition) is 3. The van der Waals surface area contributed by atoms with Gasteiger partial charge in [0.2, 0.25) is 0 Å². The van der Waals surface area contributed by atoms with E-state index in [0.29, 0.717) is 6.04 Å². The highest BCUT2D eigenvalue weighted by molar-refractivity contribution is 5.94. The Labute approximate surface area is 132 Å². The fourth-order valence-corrected chi connectivity index (χ4v) is 4.50. The van der Waals surface area contributed by atoms with Crippen molar-refractivity contribution in [1.82, 2.24) is 15.1 Å². The Bertz CT molecular complexity index is 524. The molecule has 3 fully saturated rings. The van der Waals surface area contributed by atoms with E-state index in [1.165, 1.54) is 19.5 Å². The topological polar surface area (TPSA) is 35.6 Å². The molecule has 3 saturated heterocycles. The lowest BCUT2D eigenvalue weighted by Crippen LogP contribution is -2.49. The van der Waals surface area contributed by atoms with Crippen molar-refractivity contribution in [1.29, 1.82) is 0 Å². The van der Waals surface area contributed by atoms with Crippen molar-refractivity contribution >= 4 is 5.91 Å². The van der Waals surface area contributed by atoms with Gasteiger partial charge in [-0.3, -0.25) is 9.69 Å². The molecule has 0 unspecified atom stereocenters. The van der Waals surface area contributed by atoms with Gasteiger partial charge in [-0.25, -0.2) is 0 Å². The van der Waals surface area contributed by atoms with E-state index in [0.717, 1.165) is 50.0 Å². The molecule has 0 aromatic heterocycles. The highest BCUT2D eigenvalue weighted by atomic mass is 16.2. The van der Waals surface area contributed by atoms with Gasteiger partial charge < -0.3 is 10.2 Å². The molecule has 4 heteroatoms. The third-order valence-electron chi connectivity index (χ3n) is 5.73. The maximum atomic E-state index is 12.5. The summed E-state index contributed by atoms with van der Waals surface area (Å²) in [6, 6.07) is 11.1. The fraction of sp³-hybridized carbons (Fsp3) is 0.611. The second-order valence-corrected chi connectivity index (χ2v) is 6.90. The van der Waals surface area contributed by atoms with Crippen LogP contribution in [-0.4, -0.2) is 60.5 Å². The van der Waals surface area contributed by atoms with Gasteiger partial charge in [0.1, 0.15) is 0 Å². The lowest BCUT2D eigenvalue weighted by molar-refractivity contribution is 0.0602. The highest BCUT2D eigenvalue weighted by Gasteiger charge is 2.41. The van der Waals surface area contributed by atoms with Gasteiger partial charge >= 0.3 is 0 Å². The Kier molecular flexibility index (Phi) is 3.89. The summed E-state index contributed by atoms with van der Waals surface area (Å²) in [6.07, 6.45) is 3.60. The van der Waals surface area contributed by atoms with Crippen LogP contribution in [0.5, 0.6) is 0 Å². The number of rotatable bonds is 2. The Balaban J connectivity index is 1.36. The SMILES string of the molecule is O=C(c1ccccc1)N1CCC(N2CC[C@H]3CNC[C@H]32)CC1. The van der Waals surface area contributed by atoms with Crippen LogP contribution in [0.4, 0.5) is 0 Å². The summed E-state index contributed by atoms with van der Waals surface area (Å²) in [5.74, 6) is 1.06. The number of carbonyl (C=O) groups excluding carboxylic acids is 1. The van der Waals surface area contributed by atoms with Crippen LogP contribution in [-0.2, 0) is 0 Å². The summed E-state index contributed by atoms with van der Waals surface area (Å²) >= 11 is 0. The standard InChI is InChI=1S/C18H25N3O/c22-18(14-4-2-1-3-5-14)20-9-7-16(8-10-20)21-11-6-15-12-19-13-17(15)21/h1-5,15-17,19H,6-13H2/t15-,17+/m0/s1. The van der Waals surface area contributed by atoms with E-state index in [4.69, 9.17) is 0 Å². The van der Waals surface area contributed by atoms with Crippen LogP contribution in [0, 0.1) is 5.92 Å². The number of carbonyl (C=O) groups is 1. The zero-order valence-corrected chi connectivity index (χ0v) is 13.1. The minimum Gasteiger partial charge on any atom is -0.339 e. The molecule has 1 amide bonds. The number of likely N-dealkylation sites (tertiary alicyclic amines) is 2. The number of benzene rings is 1. The van der Waals surface area contributed by atoms with Gasteiger partial charge in [-0.1, -0.05) is 18.2 Å². The zero-order valence-electron chi connectivity index (χ0n) is 13.1. The van der Waals surface area contributed by atoms with Crippen molar-refractivity contribution in [2.75, 3.05) is 32.7 Å². The average Bonchev–Trinajstić information content (AvgIpc) is 3.18. The van der Waals surface area contributed by atoms with Gasteiger partial charge in [0, 0.05) is 37.3 Å². The molecule has 0 aliphatic carbocycles. The molecule has 118 valence electrons. The molecule has 0 radical (unpaired) electrons. The Morgan fingerprint density at radius 1 is 1.00 bits per heavy atom. The van der Waals surface area contributed by atoms with Crippen molar-refractivity contribution < 1.29 is 4.79 Å². The average molecular weight is 299 g/mol. The van der Waals surface area contributed by atoms with Crippen molar-refractivity contribution in [2.45, 2.75) is 31.3 Å². The zero-order chi connectivity index (χ0) is 14.9. The molecule has 4 nitrogen and oxygen atoms in total. The summed E-state index contributed by atoms with van der Waals surface area (Å²) in [6.45, 7) is 5.42. The van der Waals surface area contributed by atoms with E-state index in [1.807, 2.05) is 35.2 Å². The normalized spacial score (nSPS) is 29.7. The van der Waals surface area contributed by atoms with Crippen LogP contribution < -0.4 is 5.32 Å². The number of piperidine rings is 1. The first kappa shape index (κ1) is 14.2. The minimum atomic E-state index is 0.195. The molecule has 1 aromatic carbocycles. The number of hydrogen-bond donors (Lipinski definition) is 1. The van der Waals surface area contributed by atoms with Crippen LogP contribution in [0.15, 0.2) is 30.3 Å². The maximum absolute atomic E-state index is 12.5. The molecule has 3 heterocycles. The molecule has 0 spiro atoms. The molecular weight excluding hydrogens is 274 g/mol. The lowest BCUT2D eigenvalue weighted by Gasteiger charge is -2.39. The van der Waals surface area contributed by atoms with Crippen molar-refractivity contribution in [2.24, 2.45) is 5.92 Å². The van der Waals surface area contributed by atoms with Crippen LogP contribution in [0.25, 0.3) is 0 Å². The second-order valence-electron chi connectivity index (χ2n) is 6.90. The molecule has 3 aliphatic rings. The molecule has 0 saturated carbocycles. The first-order valence-electron chi connectivity index (χ1n) is 8.64. The predicted molar refractivity (Wildman–Crippen MR) is 86.8 cm³/mol. The number of amides is 1. The molecule has 2 atom stereocenters. The monoisotopic (exact) mass is 299 g/mol. The molecule has 0 bridgehead atoms. The number of nitrogens with one attached hydrogen (secondary N) is 1. The fourth-order valence-electron chi connectivity index (χ4n) is 4.50. The Morgan fingerprint density at radius 2 is 1.77 bits per heavy atom. The molecule has 1 aromatic rings. The van der Waals surface area contributed by atoms with E-state index < -0.39 is 0 Å². The van der Waals surface area contributed by atoms with Gasteiger partial charge in [-0.2, -0.15) is 0 Å². The number of fused-ring (bicyclic) bond motifs is 1. The van der Waals surface area contributed by atoms with E-state index in [2.05, 4.69) is 10.2 Å². The van der Waals surface area contributed by atoms with Crippen molar-refractivity contribution in [3.05, 3.63) is 35.9 Å². The largest absolute Gasteiger partial charge is 0.339 e. The van der Waals surface area contributed by atoms with E-state index in [1.54, 1.807) is 0 Å². The van der Waals surface area contributed by atoms with Crippen LogP contribution in [0.2, 0.25) is 0 Å². The predicted octanol–water partition coefficient (Wildman–Crippen LogP) is 1.58. The molecule has 4 rings (SSSR count). The summed E-state index contributed by atoms with van der Waals surface area (Å²) in [5.41, 5.74) is 0.821. The van der Waals surface area contributed by atoms with Gasteiger partial charge in [0.25, 0.3) is 5.91 Å². The van der Waals surface area contributed by atoms with Crippen molar-refractivity contribution in [3.8, 4) is 0 Å². The Hall–Kier alpha value is -1.39. The van der Waals surface area contributed by atoms with E-state index in [9.17, 15) is 4.79 Å². The van der Waals surface area contributed by atoms with Gasteiger partial charge in [0.15, 0.2) is 0 Å². The first-order chi connectivity index (χ1) is 10.8. The quantitative estimate of drug-likeness (QED) is 0.901. The van der Waals surface area contributed by atoms with Crippen LogP contribution in [0.1, 0.15) is 29.6 Å². The highest BCUT2D eigenvalue weighted by Crippen LogP contribution is 2.32. The number of nitrogens with zero attached hydrogens (tertiary/aromatic N) is 2. The molecule has 1 N–H and O–H groups in total. The van der Waals surface area contributed by atoms with Gasteiger partial charge in [-0.05, 0) is 50.4 Å². The molecule has 22 heavy (non-hydrogen) atoms. The smallest absolute Gasteiger partial charge is 0.253 e.